The van der Waals surface area contributed by atoms with Gasteiger partial charge in [-0.25, -0.2) is 14.5 Å². The Hall–Kier alpha value is -4.08. The molecule has 0 aliphatic heterocycles. The topological polar surface area (TPSA) is 132 Å². The largest absolute Gasteiger partial charge is 0.334 e. The van der Waals surface area contributed by atoms with Gasteiger partial charge in [0.25, 0.3) is 5.69 Å². The molecule has 0 saturated carbocycles. The van der Waals surface area contributed by atoms with Crippen molar-refractivity contribution in [1.82, 2.24) is 25.4 Å². The first-order chi connectivity index (χ1) is 13.5. The zero-order chi connectivity index (χ0) is 19.9. The number of nitrogens with one attached hydrogen (secondary N) is 2. The van der Waals surface area contributed by atoms with Crippen LogP contribution in [0.4, 0.5) is 10.5 Å². The lowest BCUT2D eigenvalue weighted by Gasteiger charge is -2.06. The lowest BCUT2D eigenvalue weighted by atomic mass is 10.2. The highest BCUT2D eigenvalue weighted by Gasteiger charge is 2.12. The van der Waals surface area contributed by atoms with Gasteiger partial charge in [-0.1, -0.05) is 30.3 Å². The maximum absolute atomic E-state index is 12.0. The zero-order valence-electron chi connectivity index (χ0n) is 14.6. The second-order valence-corrected chi connectivity index (χ2v) is 5.79. The number of hydrogen-bond acceptors (Lipinski definition) is 6. The third-order valence-corrected chi connectivity index (χ3v) is 3.73. The van der Waals surface area contributed by atoms with E-state index in [-0.39, 0.29) is 12.2 Å². The van der Waals surface area contributed by atoms with Crippen molar-refractivity contribution in [2.24, 2.45) is 0 Å². The van der Waals surface area contributed by atoms with Gasteiger partial charge in [0.15, 0.2) is 5.82 Å². The summed E-state index contributed by atoms with van der Waals surface area (Å²) in [6.45, 7) is 0.103. The Bertz CT molecular complexity index is 985. The predicted molar refractivity (Wildman–Crippen MR) is 98.9 cm³/mol. The lowest BCUT2D eigenvalue weighted by molar-refractivity contribution is -0.384. The van der Waals surface area contributed by atoms with Crippen molar-refractivity contribution in [3.05, 3.63) is 76.6 Å². The Morgan fingerprint density at radius 2 is 1.79 bits per heavy atom. The summed E-state index contributed by atoms with van der Waals surface area (Å²) in [5.74, 6) is -0.234. The highest BCUT2D eigenvalue weighted by Crippen LogP contribution is 2.18. The molecule has 3 rings (SSSR count). The maximum Gasteiger partial charge on any atom is 0.321 e. The van der Waals surface area contributed by atoms with Crippen molar-refractivity contribution in [1.29, 1.82) is 0 Å². The monoisotopic (exact) mass is 380 g/mol. The van der Waals surface area contributed by atoms with Crippen molar-refractivity contribution in [3.63, 3.8) is 0 Å². The molecule has 2 aromatic carbocycles. The van der Waals surface area contributed by atoms with E-state index < -0.39 is 16.9 Å². The van der Waals surface area contributed by atoms with Gasteiger partial charge in [-0.2, -0.15) is 5.10 Å². The van der Waals surface area contributed by atoms with Crippen LogP contribution in [0.25, 0.3) is 11.4 Å². The highest BCUT2D eigenvalue weighted by atomic mass is 16.6. The number of amides is 3. The minimum atomic E-state index is -0.607. The van der Waals surface area contributed by atoms with Gasteiger partial charge in [0.1, 0.15) is 12.9 Å². The predicted octanol–water partition coefficient (Wildman–Crippen LogP) is 1.88. The molecule has 3 amide bonds. The average Bonchev–Trinajstić information content (AvgIpc) is 3.15. The molecule has 0 spiro atoms. The number of benzene rings is 2. The Kier molecular flexibility index (Phi) is 5.70. The van der Waals surface area contributed by atoms with Crippen molar-refractivity contribution >= 4 is 17.6 Å². The van der Waals surface area contributed by atoms with Crippen molar-refractivity contribution in [3.8, 4) is 11.4 Å². The summed E-state index contributed by atoms with van der Waals surface area (Å²) in [7, 11) is 0. The van der Waals surface area contributed by atoms with Crippen molar-refractivity contribution < 1.29 is 14.5 Å². The molecule has 0 radical (unpaired) electrons. The molecule has 10 nitrogen and oxygen atoms in total. The molecular weight excluding hydrogens is 364 g/mol. The summed E-state index contributed by atoms with van der Waals surface area (Å²) >= 11 is 0. The van der Waals surface area contributed by atoms with E-state index in [9.17, 15) is 19.7 Å². The molecule has 0 aliphatic carbocycles. The average molecular weight is 380 g/mol. The molecule has 0 unspecified atom stereocenters. The van der Waals surface area contributed by atoms with E-state index >= 15 is 0 Å². The number of nitro groups is 1. The normalized spacial score (nSPS) is 10.3. The van der Waals surface area contributed by atoms with Gasteiger partial charge in [-0.15, -0.1) is 0 Å². The third kappa shape index (κ3) is 4.97. The number of nitro benzene ring substituents is 1. The maximum atomic E-state index is 12.0. The molecule has 0 aliphatic rings. The van der Waals surface area contributed by atoms with Gasteiger partial charge in [0.2, 0.25) is 5.91 Å². The van der Waals surface area contributed by atoms with E-state index in [0.29, 0.717) is 17.9 Å². The van der Waals surface area contributed by atoms with E-state index in [4.69, 9.17) is 0 Å². The molecule has 142 valence electrons. The van der Waals surface area contributed by atoms with Crippen LogP contribution in [0.5, 0.6) is 0 Å². The van der Waals surface area contributed by atoms with Crippen LogP contribution in [0.3, 0.4) is 0 Å². The second kappa shape index (κ2) is 8.54. The van der Waals surface area contributed by atoms with Crippen LogP contribution in [0, 0.1) is 10.1 Å². The van der Waals surface area contributed by atoms with E-state index in [1.165, 1.54) is 35.3 Å². The summed E-state index contributed by atoms with van der Waals surface area (Å²) in [5, 5.41) is 19.6. The molecule has 0 bridgehead atoms. The molecule has 3 aromatic rings. The minimum absolute atomic E-state index is 0.0379. The number of urea groups is 1. The standard InChI is InChI=1S/C18H16N6O4/c25-16(21-18(26)19-10-13-4-2-1-3-5-13)11-23-12-20-17(22-23)14-6-8-15(9-7-14)24(27)28/h1-9,12H,10-11H2,(H2,19,21,25,26). The molecule has 0 atom stereocenters. The first-order valence-electron chi connectivity index (χ1n) is 8.27. The van der Waals surface area contributed by atoms with Crippen LogP contribution in [0.2, 0.25) is 0 Å². The van der Waals surface area contributed by atoms with Crippen molar-refractivity contribution in [2.45, 2.75) is 13.1 Å². The minimum Gasteiger partial charge on any atom is -0.334 e. The van der Waals surface area contributed by atoms with Gasteiger partial charge < -0.3 is 5.32 Å². The Morgan fingerprint density at radius 3 is 2.46 bits per heavy atom. The molecular formula is C18H16N6O4. The fourth-order valence-electron chi connectivity index (χ4n) is 2.37. The number of hydrogen-bond donors (Lipinski definition) is 2. The Morgan fingerprint density at radius 1 is 1.07 bits per heavy atom. The number of aromatic nitrogens is 3. The second-order valence-electron chi connectivity index (χ2n) is 5.79. The van der Waals surface area contributed by atoms with E-state index in [0.717, 1.165) is 5.56 Å². The van der Waals surface area contributed by atoms with Crippen molar-refractivity contribution in [2.75, 3.05) is 0 Å². The SMILES string of the molecule is O=C(Cn1cnc(-c2ccc([N+](=O)[O-])cc2)n1)NC(=O)NCc1ccccc1. The van der Waals surface area contributed by atoms with Crippen LogP contribution >= 0.6 is 0 Å². The van der Waals surface area contributed by atoms with Crippen LogP contribution in [0.1, 0.15) is 5.56 Å². The smallest absolute Gasteiger partial charge is 0.321 e. The first-order valence-corrected chi connectivity index (χ1v) is 8.27. The summed E-state index contributed by atoms with van der Waals surface area (Å²) < 4.78 is 1.27. The summed E-state index contributed by atoms with van der Waals surface area (Å²) in [6, 6.07) is 14.4. The molecule has 1 aromatic heterocycles. The Labute approximate surface area is 159 Å². The summed E-state index contributed by atoms with van der Waals surface area (Å²) in [6.07, 6.45) is 1.35. The van der Waals surface area contributed by atoms with E-state index in [1.807, 2.05) is 30.3 Å². The number of carbonyl (C=O) groups is 2. The third-order valence-electron chi connectivity index (χ3n) is 3.73. The number of rotatable bonds is 6. The molecule has 0 saturated heterocycles. The van der Waals surface area contributed by atoms with Gasteiger partial charge in [0, 0.05) is 24.2 Å². The Balaban J connectivity index is 1.52. The van der Waals surface area contributed by atoms with Gasteiger partial charge in [0.05, 0.1) is 4.92 Å². The number of imide groups is 1. The number of nitrogens with zero attached hydrogens (tertiary/aromatic N) is 4. The fraction of sp³-hybridized carbons (Fsp3) is 0.111. The van der Waals surface area contributed by atoms with Crippen LogP contribution in [-0.2, 0) is 17.9 Å². The number of carbonyl (C=O) groups excluding carboxylic acids is 2. The number of non-ortho nitro benzene ring substituents is 1. The van der Waals surface area contributed by atoms with Crippen LogP contribution in [-0.4, -0.2) is 31.6 Å². The fourth-order valence-corrected chi connectivity index (χ4v) is 2.37. The van der Waals surface area contributed by atoms with E-state index in [1.54, 1.807) is 0 Å². The molecule has 2 N–H and O–H groups in total. The first kappa shape index (κ1) is 18.7. The zero-order valence-corrected chi connectivity index (χ0v) is 14.6. The van der Waals surface area contributed by atoms with E-state index in [2.05, 4.69) is 20.7 Å². The highest BCUT2D eigenvalue weighted by molar-refractivity contribution is 5.94. The van der Waals surface area contributed by atoms with Crippen LogP contribution in [0.15, 0.2) is 60.9 Å². The molecule has 0 fully saturated rings. The van der Waals surface area contributed by atoms with Gasteiger partial charge in [-0.3, -0.25) is 20.2 Å². The quantitative estimate of drug-likeness (QED) is 0.496. The lowest BCUT2D eigenvalue weighted by Crippen LogP contribution is -2.40. The van der Waals surface area contributed by atoms with Gasteiger partial charge in [-0.05, 0) is 17.7 Å². The summed E-state index contributed by atoms with van der Waals surface area (Å²) in [5.41, 5.74) is 1.45. The van der Waals surface area contributed by atoms with Gasteiger partial charge >= 0.3 is 6.03 Å². The summed E-state index contributed by atoms with van der Waals surface area (Å²) in [4.78, 5) is 38.0. The molecule has 28 heavy (non-hydrogen) atoms. The molecule has 10 heteroatoms. The van der Waals surface area contributed by atoms with Crippen LogP contribution < -0.4 is 10.6 Å². The molecule has 1 heterocycles.